The fourth-order valence-electron chi connectivity index (χ4n) is 1.71. The van der Waals surface area contributed by atoms with Crippen LogP contribution in [0.3, 0.4) is 0 Å². The van der Waals surface area contributed by atoms with Crippen molar-refractivity contribution >= 4 is 12.0 Å². The highest BCUT2D eigenvalue weighted by Crippen LogP contribution is 2.34. The Bertz CT molecular complexity index is 429. The van der Waals surface area contributed by atoms with E-state index in [0.29, 0.717) is 6.54 Å². The van der Waals surface area contributed by atoms with Crippen LogP contribution in [0, 0.1) is 5.92 Å². The third kappa shape index (κ3) is 3.48. The molecule has 18 heavy (non-hydrogen) atoms. The Balaban J connectivity index is 1.79. The lowest BCUT2D eigenvalue weighted by molar-refractivity contribution is -0.127. The van der Waals surface area contributed by atoms with E-state index in [9.17, 15) is 9.59 Å². The molecule has 0 aliphatic heterocycles. The molecule has 0 unspecified atom stereocenters. The fraction of sp³-hybridized carbons (Fsp3) is 0.385. The highest BCUT2D eigenvalue weighted by molar-refractivity contribution is 5.82. The van der Waals surface area contributed by atoms with Crippen LogP contribution in [0.25, 0.3) is 0 Å². The molecule has 5 nitrogen and oxygen atoms in total. The highest BCUT2D eigenvalue weighted by atomic mass is 16.6. The second-order valence-corrected chi connectivity index (χ2v) is 4.40. The van der Waals surface area contributed by atoms with Crippen molar-refractivity contribution in [2.24, 2.45) is 11.7 Å². The number of hydrogen-bond acceptors (Lipinski definition) is 3. The molecule has 0 spiro atoms. The van der Waals surface area contributed by atoms with Crippen molar-refractivity contribution in [3.05, 3.63) is 35.9 Å². The van der Waals surface area contributed by atoms with Gasteiger partial charge in [0.2, 0.25) is 0 Å². The lowest BCUT2D eigenvalue weighted by atomic mass is 10.2. The number of primary amides is 1. The van der Waals surface area contributed by atoms with Gasteiger partial charge in [0.05, 0.1) is 0 Å². The van der Waals surface area contributed by atoms with Crippen LogP contribution in [-0.2, 0) is 16.1 Å². The summed E-state index contributed by atoms with van der Waals surface area (Å²) in [5, 5.41) is 2.60. The molecular weight excluding hydrogens is 232 g/mol. The molecule has 1 aromatic rings. The van der Waals surface area contributed by atoms with Gasteiger partial charge in [-0.25, -0.2) is 4.79 Å². The van der Waals surface area contributed by atoms with E-state index in [1.54, 1.807) is 0 Å². The number of nitrogens with one attached hydrogen (secondary N) is 1. The molecule has 0 bridgehead atoms. The molecule has 2 rings (SSSR count). The predicted octanol–water partition coefficient (Wildman–Crippen LogP) is 1.18. The largest absolute Gasteiger partial charge is 0.436 e. The molecule has 1 aliphatic rings. The van der Waals surface area contributed by atoms with Crippen molar-refractivity contribution in [2.45, 2.75) is 25.5 Å². The van der Waals surface area contributed by atoms with Gasteiger partial charge in [-0.05, 0) is 18.4 Å². The predicted molar refractivity (Wildman–Crippen MR) is 65.5 cm³/mol. The zero-order valence-electron chi connectivity index (χ0n) is 9.96. The molecule has 96 valence electrons. The number of nitrogens with two attached hydrogens (primary N) is 1. The summed E-state index contributed by atoms with van der Waals surface area (Å²) in [6, 6.07) is 9.47. The van der Waals surface area contributed by atoms with E-state index in [-0.39, 0.29) is 5.92 Å². The summed E-state index contributed by atoms with van der Waals surface area (Å²) in [7, 11) is 0. The summed E-state index contributed by atoms with van der Waals surface area (Å²) in [5.41, 5.74) is 6.16. The van der Waals surface area contributed by atoms with Crippen molar-refractivity contribution in [1.82, 2.24) is 5.32 Å². The maximum Gasteiger partial charge on any atom is 0.408 e. The third-order valence-electron chi connectivity index (χ3n) is 2.84. The Kier molecular flexibility index (Phi) is 3.82. The van der Waals surface area contributed by atoms with E-state index < -0.39 is 18.1 Å². The van der Waals surface area contributed by atoms with E-state index in [0.717, 1.165) is 18.4 Å². The summed E-state index contributed by atoms with van der Waals surface area (Å²) in [5.74, 6) is -0.475. The molecule has 0 saturated heterocycles. The van der Waals surface area contributed by atoms with Crippen LogP contribution >= 0.6 is 0 Å². The Morgan fingerprint density at radius 3 is 2.56 bits per heavy atom. The summed E-state index contributed by atoms with van der Waals surface area (Å²) >= 11 is 0. The normalized spacial score (nSPS) is 15.8. The molecule has 0 heterocycles. The van der Waals surface area contributed by atoms with Crippen LogP contribution in [0.2, 0.25) is 0 Å². The summed E-state index contributed by atoms with van der Waals surface area (Å²) in [4.78, 5) is 22.6. The van der Waals surface area contributed by atoms with Crippen molar-refractivity contribution < 1.29 is 14.3 Å². The first kappa shape index (κ1) is 12.4. The van der Waals surface area contributed by atoms with E-state index >= 15 is 0 Å². The quantitative estimate of drug-likeness (QED) is 0.820. The first-order chi connectivity index (χ1) is 8.66. The number of alkyl carbamates (subject to hydrolysis) is 1. The number of hydrogen-bond donors (Lipinski definition) is 2. The Morgan fingerprint density at radius 1 is 1.33 bits per heavy atom. The smallest absolute Gasteiger partial charge is 0.408 e. The van der Waals surface area contributed by atoms with E-state index in [1.807, 2.05) is 30.3 Å². The van der Waals surface area contributed by atoms with Crippen LogP contribution in [-0.4, -0.2) is 18.1 Å². The highest BCUT2D eigenvalue weighted by Gasteiger charge is 2.37. The maximum absolute atomic E-state index is 11.5. The maximum atomic E-state index is 11.5. The molecule has 0 radical (unpaired) electrons. The number of benzene rings is 1. The van der Waals surface area contributed by atoms with Crippen LogP contribution < -0.4 is 11.1 Å². The van der Waals surface area contributed by atoms with Gasteiger partial charge in [0, 0.05) is 12.5 Å². The zero-order chi connectivity index (χ0) is 13.0. The van der Waals surface area contributed by atoms with Crippen LogP contribution in [0.5, 0.6) is 0 Å². The van der Waals surface area contributed by atoms with Crippen LogP contribution in [0.15, 0.2) is 30.3 Å². The zero-order valence-corrected chi connectivity index (χ0v) is 9.96. The Hall–Kier alpha value is -2.04. The number of ether oxygens (including phenoxy) is 1. The Morgan fingerprint density at radius 2 is 2.00 bits per heavy atom. The molecule has 1 atom stereocenters. The second-order valence-electron chi connectivity index (χ2n) is 4.40. The molecule has 1 fully saturated rings. The van der Waals surface area contributed by atoms with E-state index in [1.165, 1.54) is 0 Å². The van der Waals surface area contributed by atoms with Gasteiger partial charge in [-0.15, -0.1) is 0 Å². The lowest BCUT2D eigenvalue weighted by Gasteiger charge is -2.14. The van der Waals surface area contributed by atoms with Crippen molar-refractivity contribution in [3.63, 3.8) is 0 Å². The summed E-state index contributed by atoms with van der Waals surface area (Å²) in [6.07, 6.45) is 0.384. The second kappa shape index (κ2) is 5.53. The summed E-state index contributed by atoms with van der Waals surface area (Å²) in [6.45, 7) is 0.371. The van der Waals surface area contributed by atoms with Crippen molar-refractivity contribution in [3.8, 4) is 0 Å². The molecule has 2 amide bonds. The molecular formula is C13H16N2O3. The first-order valence-electron chi connectivity index (χ1n) is 5.94. The average molecular weight is 248 g/mol. The van der Waals surface area contributed by atoms with Crippen molar-refractivity contribution in [1.29, 1.82) is 0 Å². The minimum absolute atomic E-state index is 0.102. The molecule has 1 aromatic carbocycles. The number of carbonyl (C=O) groups excluding carboxylic acids is 2. The van der Waals surface area contributed by atoms with Gasteiger partial charge in [-0.2, -0.15) is 0 Å². The molecule has 3 N–H and O–H groups in total. The van der Waals surface area contributed by atoms with Gasteiger partial charge >= 0.3 is 6.09 Å². The fourth-order valence-corrected chi connectivity index (χ4v) is 1.71. The minimum atomic E-state index is -0.791. The van der Waals surface area contributed by atoms with Crippen LogP contribution in [0.1, 0.15) is 18.4 Å². The lowest BCUT2D eigenvalue weighted by Crippen LogP contribution is -2.38. The van der Waals surface area contributed by atoms with Gasteiger partial charge in [0.15, 0.2) is 6.10 Å². The molecule has 1 saturated carbocycles. The third-order valence-corrected chi connectivity index (χ3v) is 2.84. The number of rotatable bonds is 5. The topological polar surface area (TPSA) is 81.4 Å². The first-order valence-corrected chi connectivity index (χ1v) is 5.94. The molecule has 0 aromatic heterocycles. The standard InChI is InChI=1S/C13H16N2O3/c14-12(16)11(10-6-7-10)18-13(17)15-8-9-4-2-1-3-5-9/h1-5,10-11H,6-8H2,(H2,14,16)(H,15,17)/t11-/m0/s1. The molecule has 5 heteroatoms. The van der Waals surface area contributed by atoms with E-state index in [2.05, 4.69) is 5.32 Å². The van der Waals surface area contributed by atoms with Gasteiger partial charge in [0.25, 0.3) is 5.91 Å². The average Bonchev–Trinajstić information content (AvgIpc) is 3.18. The monoisotopic (exact) mass is 248 g/mol. The van der Waals surface area contributed by atoms with Gasteiger partial charge in [0.1, 0.15) is 0 Å². The Labute approximate surface area is 105 Å². The van der Waals surface area contributed by atoms with Gasteiger partial charge in [-0.3, -0.25) is 4.79 Å². The minimum Gasteiger partial charge on any atom is -0.436 e. The SMILES string of the molecule is NC(=O)[C@@H](OC(=O)NCc1ccccc1)C1CC1. The molecule has 1 aliphatic carbocycles. The van der Waals surface area contributed by atoms with Crippen LogP contribution in [0.4, 0.5) is 4.79 Å². The number of amides is 2. The van der Waals surface area contributed by atoms with E-state index in [4.69, 9.17) is 10.5 Å². The van der Waals surface area contributed by atoms with Crippen molar-refractivity contribution in [2.75, 3.05) is 0 Å². The number of carbonyl (C=O) groups is 2. The van der Waals surface area contributed by atoms with Gasteiger partial charge < -0.3 is 15.8 Å². The summed E-state index contributed by atoms with van der Waals surface area (Å²) < 4.78 is 5.03. The van der Waals surface area contributed by atoms with Gasteiger partial charge in [-0.1, -0.05) is 30.3 Å².